The third kappa shape index (κ3) is 3.73. The number of phenolic OH excluding ortho intramolecular Hbond substituents is 1. The SMILES string of the molecule is CCOc1cc(/C=C2\C(=O)NC(=O)N(c3cc(C)cc(C)c3)C2=O)ccc1O. The van der Waals surface area contributed by atoms with Gasteiger partial charge in [0.15, 0.2) is 11.5 Å². The summed E-state index contributed by atoms with van der Waals surface area (Å²) >= 11 is 0. The highest BCUT2D eigenvalue weighted by Gasteiger charge is 2.37. The van der Waals surface area contributed by atoms with Crippen LogP contribution in [0, 0.1) is 13.8 Å². The molecular formula is C21H20N2O5. The number of aryl methyl sites for hydroxylation is 2. The predicted molar refractivity (Wildman–Crippen MR) is 104 cm³/mol. The van der Waals surface area contributed by atoms with Crippen molar-refractivity contribution in [3.63, 3.8) is 0 Å². The number of rotatable bonds is 4. The van der Waals surface area contributed by atoms with Gasteiger partial charge in [0.25, 0.3) is 11.8 Å². The van der Waals surface area contributed by atoms with Gasteiger partial charge in [-0.1, -0.05) is 12.1 Å². The molecule has 0 aliphatic carbocycles. The number of nitrogens with zero attached hydrogens (tertiary/aromatic N) is 1. The minimum absolute atomic E-state index is 0.0459. The molecule has 2 N–H and O–H groups in total. The maximum atomic E-state index is 12.9. The van der Waals surface area contributed by atoms with Crippen molar-refractivity contribution in [2.45, 2.75) is 20.8 Å². The molecule has 3 rings (SSSR count). The van der Waals surface area contributed by atoms with Gasteiger partial charge in [-0.25, -0.2) is 9.69 Å². The number of imide groups is 2. The van der Waals surface area contributed by atoms with E-state index >= 15 is 0 Å². The number of urea groups is 1. The van der Waals surface area contributed by atoms with Gasteiger partial charge >= 0.3 is 6.03 Å². The van der Waals surface area contributed by atoms with E-state index in [2.05, 4.69) is 5.32 Å². The molecule has 0 saturated carbocycles. The summed E-state index contributed by atoms with van der Waals surface area (Å²) in [6.07, 6.45) is 1.36. The quantitative estimate of drug-likeness (QED) is 0.628. The van der Waals surface area contributed by atoms with Gasteiger partial charge in [-0.05, 0) is 67.8 Å². The van der Waals surface area contributed by atoms with E-state index in [4.69, 9.17) is 4.74 Å². The number of hydrogen-bond acceptors (Lipinski definition) is 5. The zero-order valence-electron chi connectivity index (χ0n) is 15.8. The minimum Gasteiger partial charge on any atom is -0.504 e. The van der Waals surface area contributed by atoms with Crippen molar-refractivity contribution < 1.29 is 24.2 Å². The molecule has 7 heteroatoms. The second kappa shape index (κ2) is 7.56. The van der Waals surface area contributed by atoms with Gasteiger partial charge in [0.1, 0.15) is 5.57 Å². The van der Waals surface area contributed by atoms with E-state index in [1.54, 1.807) is 25.1 Å². The van der Waals surface area contributed by atoms with E-state index in [0.717, 1.165) is 16.0 Å². The number of phenols is 1. The van der Waals surface area contributed by atoms with Crippen LogP contribution in [0.4, 0.5) is 10.5 Å². The smallest absolute Gasteiger partial charge is 0.335 e. The van der Waals surface area contributed by atoms with Crippen molar-refractivity contribution in [1.29, 1.82) is 0 Å². The molecule has 0 spiro atoms. The minimum atomic E-state index is -0.794. The maximum Gasteiger partial charge on any atom is 0.335 e. The van der Waals surface area contributed by atoms with Crippen LogP contribution in [-0.2, 0) is 9.59 Å². The number of barbiturate groups is 1. The molecule has 2 aromatic rings. The molecule has 28 heavy (non-hydrogen) atoms. The van der Waals surface area contributed by atoms with E-state index in [0.29, 0.717) is 17.9 Å². The molecule has 1 saturated heterocycles. The van der Waals surface area contributed by atoms with Gasteiger partial charge in [-0.3, -0.25) is 14.9 Å². The van der Waals surface area contributed by atoms with Crippen LogP contribution in [0.15, 0.2) is 42.0 Å². The second-order valence-electron chi connectivity index (χ2n) is 6.46. The van der Waals surface area contributed by atoms with Crippen LogP contribution >= 0.6 is 0 Å². The standard InChI is InChI=1S/C21H20N2O5/c1-4-28-18-11-14(5-6-17(18)24)10-16-19(25)22-21(27)23(20(16)26)15-8-12(2)7-13(3)9-15/h5-11,24H,4H2,1-3H3,(H,22,25,27)/b16-10+. The van der Waals surface area contributed by atoms with Crippen LogP contribution in [-0.4, -0.2) is 29.6 Å². The highest BCUT2D eigenvalue weighted by Crippen LogP contribution is 2.29. The number of carbonyl (C=O) groups is 3. The summed E-state index contributed by atoms with van der Waals surface area (Å²) in [5.41, 5.74) is 2.45. The average molecular weight is 380 g/mol. The summed E-state index contributed by atoms with van der Waals surface area (Å²) in [5, 5.41) is 12.0. The van der Waals surface area contributed by atoms with Crippen molar-refractivity contribution in [3.8, 4) is 11.5 Å². The zero-order chi connectivity index (χ0) is 20.4. The van der Waals surface area contributed by atoms with Crippen LogP contribution in [0.3, 0.4) is 0 Å². The first kappa shape index (κ1) is 19.2. The lowest BCUT2D eigenvalue weighted by Gasteiger charge is -2.27. The van der Waals surface area contributed by atoms with E-state index in [9.17, 15) is 19.5 Å². The summed E-state index contributed by atoms with van der Waals surface area (Å²) in [5.74, 6) is -1.30. The average Bonchev–Trinajstić information content (AvgIpc) is 2.60. The fraction of sp³-hybridized carbons (Fsp3) is 0.190. The highest BCUT2D eigenvalue weighted by atomic mass is 16.5. The Bertz CT molecular complexity index is 990. The van der Waals surface area contributed by atoms with Gasteiger partial charge in [0.2, 0.25) is 0 Å². The van der Waals surface area contributed by atoms with Crippen LogP contribution in [0.5, 0.6) is 11.5 Å². The van der Waals surface area contributed by atoms with Crippen molar-refractivity contribution in [3.05, 3.63) is 58.7 Å². The molecule has 0 radical (unpaired) electrons. The normalized spacial score (nSPS) is 15.8. The Balaban J connectivity index is 2.02. The lowest BCUT2D eigenvalue weighted by Crippen LogP contribution is -2.54. The number of carbonyl (C=O) groups excluding carboxylic acids is 3. The lowest BCUT2D eigenvalue weighted by molar-refractivity contribution is -0.122. The van der Waals surface area contributed by atoms with Crippen LogP contribution in [0.25, 0.3) is 6.08 Å². The van der Waals surface area contributed by atoms with E-state index in [1.807, 2.05) is 19.9 Å². The number of hydrogen-bond donors (Lipinski definition) is 2. The maximum absolute atomic E-state index is 12.9. The Morgan fingerprint density at radius 1 is 1.07 bits per heavy atom. The molecular weight excluding hydrogens is 360 g/mol. The largest absolute Gasteiger partial charge is 0.504 e. The Morgan fingerprint density at radius 3 is 2.39 bits per heavy atom. The number of anilines is 1. The van der Waals surface area contributed by atoms with Gasteiger partial charge < -0.3 is 9.84 Å². The Morgan fingerprint density at radius 2 is 1.75 bits per heavy atom. The second-order valence-corrected chi connectivity index (χ2v) is 6.46. The fourth-order valence-corrected chi connectivity index (χ4v) is 3.03. The fourth-order valence-electron chi connectivity index (χ4n) is 3.03. The monoisotopic (exact) mass is 380 g/mol. The summed E-state index contributed by atoms with van der Waals surface area (Å²) in [7, 11) is 0. The summed E-state index contributed by atoms with van der Waals surface area (Å²) in [6.45, 7) is 5.84. The highest BCUT2D eigenvalue weighted by molar-refractivity contribution is 6.39. The lowest BCUT2D eigenvalue weighted by atomic mass is 10.1. The number of nitrogens with one attached hydrogen (secondary N) is 1. The Labute approximate surface area is 162 Å². The summed E-state index contributed by atoms with van der Waals surface area (Å²) in [4.78, 5) is 38.5. The molecule has 1 fully saturated rings. The molecule has 7 nitrogen and oxygen atoms in total. The number of aromatic hydroxyl groups is 1. The summed E-state index contributed by atoms with van der Waals surface area (Å²) < 4.78 is 5.32. The third-order valence-corrected chi connectivity index (χ3v) is 4.16. The molecule has 2 aromatic carbocycles. The molecule has 0 atom stereocenters. The van der Waals surface area contributed by atoms with Gasteiger partial charge in [-0.15, -0.1) is 0 Å². The van der Waals surface area contributed by atoms with E-state index in [-0.39, 0.29) is 17.1 Å². The van der Waals surface area contributed by atoms with Crippen molar-refractivity contribution >= 4 is 29.6 Å². The van der Waals surface area contributed by atoms with Crippen molar-refractivity contribution in [1.82, 2.24) is 5.32 Å². The number of amides is 4. The van der Waals surface area contributed by atoms with Crippen molar-refractivity contribution in [2.75, 3.05) is 11.5 Å². The first-order chi connectivity index (χ1) is 13.3. The molecule has 0 unspecified atom stereocenters. The molecule has 4 amide bonds. The topological polar surface area (TPSA) is 95.9 Å². The first-order valence-electron chi connectivity index (χ1n) is 8.75. The molecule has 1 heterocycles. The van der Waals surface area contributed by atoms with Crippen LogP contribution in [0.1, 0.15) is 23.6 Å². The Kier molecular flexibility index (Phi) is 5.17. The van der Waals surface area contributed by atoms with Crippen LogP contribution < -0.4 is 15.0 Å². The van der Waals surface area contributed by atoms with E-state index < -0.39 is 17.8 Å². The van der Waals surface area contributed by atoms with Gasteiger partial charge in [0, 0.05) is 0 Å². The van der Waals surface area contributed by atoms with Crippen LogP contribution in [0.2, 0.25) is 0 Å². The van der Waals surface area contributed by atoms with Gasteiger partial charge in [-0.2, -0.15) is 0 Å². The summed E-state index contributed by atoms with van der Waals surface area (Å²) in [6, 6.07) is 9.00. The first-order valence-corrected chi connectivity index (χ1v) is 8.75. The predicted octanol–water partition coefficient (Wildman–Crippen LogP) is 3.07. The Hall–Kier alpha value is -3.61. The molecule has 1 aliphatic rings. The number of ether oxygens (including phenoxy) is 1. The third-order valence-electron chi connectivity index (χ3n) is 4.16. The van der Waals surface area contributed by atoms with Crippen molar-refractivity contribution in [2.24, 2.45) is 0 Å². The number of benzene rings is 2. The van der Waals surface area contributed by atoms with E-state index in [1.165, 1.54) is 18.2 Å². The molecule has 0 aromatic heterocycles. The zero-order valence-corrected chi connectivity index (χ0v) is 15.8. The molecule has 1 aliphatic heterocycles. The van der Waals surface area contributed by atoms with Gasteiger partial charge in [0.05, 0.1) is 12.3 Å². The molecule has 144 valence electrons. The molecule has 0 bridgehead atoms.